The normalized spacial score (nSPS) is 10.4. The maximum Gasteiger partial charge on any atom is 0.255 e. The number of carbonyl (C=O) groups excluding carboxylic acids is 1. The van der Waals surface area contributed by atoms with Gasteiger partial charge >= 0.3 is 0 Å². The average Bonchev–Trinajstić information content (AvgIpc) is 2.39. The van der Waals surface area contributed by atoms with E-state index in [1.165, 1.54) is 0 Å². The van der Waals surface area contributed by atoms with E-state index in [0.29, 0.717) is 0 Å². The lowest BCUT2D eigenvalue weighted by Gasteiger charge is -2.12. The number of rotatable bonds is 2. The molecule has 0 aromatic heterocycles. The fourth-order valence-electron chi connectivity index (χ4n) is 2.21. The molecule has 0 aliphatic heterocycles. The second-order valence-electron chi connectivity index (χ2n) is 5.13. The molecule has 0 heterocycles. The maximum atomic E-state index is 12.4. The molecule has 0 spiro atoms. The molecule has 2 nitrogen and oxygen atoms in total. The largest absolute Gasteiger partial charge is 0.322 e. The van der Waals surface area contributed by atoms with E-state index in [9.17, 15) is 4.79 Å². The van der Waals surface area contributed by atoms with Crippen LogP contribution in [0.1, 0.15) is 32.6 Å². The number of anilines is 1. The Kier molecular flexibility index (Phi) is 4.29. The first-order chi connectivity index (χ1) is 9.40. The number of aryl methyl sites for hydroxylation is 3. The Bertz CT molecular complexity index is 654. The van der Waals surface area contributed by atoms with Gasteiger partial charge in [-0.05, 0) is 68.1 Å². The molecule has 0 atom stereocenters. The molecule has 0 aliphatic rings. The van der Waals surface area contributed by atoms with Crippen molar-refractivity contribution in [1.29, 1.82) is 0 Å². The Hall–Kier alpha value is -1.61. The number of amides is 1. The minimum Gasteiger partial charge on any atom is -0.322 e. The number of halogens is 1. The Morgan fingerprint density at radius 2 is 1.60 bits per heavy atom. The zero-order chi connectivity index (χ0) is 14.9. The molecule has 1 amide bonds. The monoisotopic (exact) mass is 331 g/mol. The number of benzene rings is 2. The SMILES string of the molecule is Cc1cccc(C(=O)Nc2cc(C)c(Br)c(C)c2)c1C. The lowest BCUT2D eigenvalue weighted by Crippen LogP contribution is -2.14. The summed E-state index contributed by atoms with van der Waals surface area (Å²) in [7, 11) is 0. The van der Waals surface area contributed by atoms with Crippen LogP contribution in [0.25, 0.3) is 0 Å². The van der Waals surface area contributed by atoms with Crippen LogP contribution in [-0.4, -0.2) is 5.91 Å². The van der Waals surface area contributed by atoms with E-state index in [1.807, 2.05) is 58.0 Å². The van der Waals surface area contributed by atoms with Gasteiger partial charge in [-0.15, -0.1) is 0 Å². The molecule has 0 saturated heterocycles. The zero-order valence-corrected chi connectivity index (χ0v) is 13.8. The van der Waals surface area contributed by atoms with Gasteiger partial charge in [0, 0.05) is 15.7 Å². The summed E-state index contributed by atoms with van der Waals surface area (Å²) in [6.07, 6.45) is 0. The van der Waals surface area contributed by atoms with E-state index >= 15 is 0 Å². The molecular weight excluding hydrogens is 314 g/mol. The minimum atomic E-state index is -0.0627. The van der Waals surface area contributed by atoms with Gasteiger partial charge in [0.15, 0.2) is 0 Å². The van der Waals surface area contributed by atoms with Gasteiger partial charge in [0.1, 0.15) is 0 Å². The molecule has 2 aromatic rings. The summed E-state index contributed by atoms with van der Waals surface area (Å²) in [6, 6.07) is 9.73. The summed E-state index contributed by atoms with van der Waals surface area (Å²) in [5, 5.41) is 2.98. The third-order valence-corrected chi connectivity index (χ3v) is 4.79. The lowest BCUT2D eigenvalue weighted by molar-refractivity contribution is 0.102. The van der Waals surface area contributed by atoms with Crippen LogP contribution in [0, 0.1) is 27.7 Å². The van der Waals surface area contributed by atoms with Gasteiger partial charge in [0.05, 0.1) is 0 Å². The molecule has 1 N–H and O–H groups in total. The number of carbonyl (C=O) groups is 1. The Labute approximate surface area is 128 Å². The van der Waals surface area contributed by atoms with E-state index in [1.54, 1.807) is 0 Å². The molecule has 0 bridgehead atoms. The number of hydrogen-bond donors (Lipinski definition) is 1. The van der Waals surface area contributed by atoms with Crippen molar-refractivity contribution < 1.29 is 4.79 Å². The van der Waals surface area contributed by atoms with Crippen molar-refractivity contribution in [3.05, 3.63) is 62.6 Å². The van der Waals surface area contributed by atoms with Gasteiger partial charge in [0.25, 0.3) is 5.91 Å². The van der Waals surface area contributed by atoms with Gasteiger partial charge in [-0.1, -0.05) is 28.1 Å². The van der Waals surface area contributed by atoms with Gasteiger partial charge in [-0.2, -0.15) is 0 Å². The summed E-state index contributed by atoms with van der Waals surface area (Å²) in [4.78, 5) is 12.4. The van der Waals surface area contributed by atoms with Crippen molar-refractivity contribution in [2.75, 3.05) is 5.32 Å². The summed E-state index contributed by atoms with van der Waals surface area (Å²) < 4.78 is 1.09. The van der Waals surface area contributed by atoms with Gasteiger partial charge < -0.3 is 5.32 Å². The smallest absolute Gasteiger partial charge is 0.255 e. The van der Waals surface area contributed by atoms with Gasteiger partial charge in [-0.25, -0.2) is 0 Å². The summed E-state index contributed by atoms with van der Waals surface area (Å²) >= 11 is 3.53. The number of nitrogens with one attached hydrogen (secondary N) is 1. The molecule has 0 saturated carbocycles. The summed E-state index contributed by atoms with van der Waals surface area (Å²) in [5.74, 6) is -0.0627. The summed E-state index contributed by atoms with van der Waals surface area (Å²) in [6.45, 7) is 8.03. The highest BCUT2D eigenvalue weighted by atomic mass is 79.9. The standard InChI is InChI=1S/C17H18BrNO/c1-10-6-5-7-15(13(10)4)17(20)19-14-8-11(2)16(18)12(3)9-14/h5-9H,1-4H3,(H,19,20). The quantitative estimate of drug-likeness (QED) is 0.830. The molecule has 104 valence electrons. The topological polar surface area (TPSA) is 29.1 Å². The van der Waals surface area contributed by atoms with Crippen molar-refractivity contribution in [2.45, 2.75) is 27.7 Å². The van der Waals surface area contributed by atoms with Crippen molar-refractivity contribution in [2.24, 2.45) is 0 Å². The Balaban J connectivity index is 2.30. The van der Waals surface area contributed by atoms with Crippen molar-refractivity contribution in [3.63, 3.8) is 0 Å². The zero-order valence-electron chi connectivity index (χ0n) is 12.2. The summed E-state index contributed by atoms with van der Waals surface area (Å²) in [5.41, 5.74) is 5.93. The molecule has 2 rings (SSSR count). The highest BCUT2D eigenvalue weighted by molar-refractivity contribution is 9.10. The van der Waals surface area contributed by atoms with Crippen molar-refractivity contribution in [1.82, 2.24) is 0 Å². The third-order valence-electron chi connectivity index (χ3n) is 3.54. The van der Waals surface area contributed by atoms with Crippen LogP contribution in [0.4, 0.5) is 5.69 Å². The van der Waals surface area contributed by atoms with E-state index < -0.39 is 0 Å². The molecule has 0 unspecified atom stereocenters. The molecule has 3 heteroatoms. The first-order valence-electron chi connectivity index (χ1n) is 6.54. The first kappa shape index (κ1) is 14.8. The van der Waals surface area contributed by atoms with Gasteiger partial charge in [-0.3, -0.25) is 4.79 Å². The Morgan fingerprint density at radius 3 is 2.20 bits per heavy atom. The minimum absolute atomic E-state index is 0.0627. The van der Waals surface area contributed by atoms with Crippen LogP contribution in [0.3, 0.4) is 0 Å². The average molecular weight is 332 g/mol. The fourth-order valence-corrected chi connectivity index (χ4v) is 2.44. The second-order valence-corrected chi connectivity index (χ2v) is 5.92. The highest BCUT2D eigenvalue weighted by Crippen LogP contribution is 2.25. The van der Waals surface area contributed by atoms with E-state index in [2.05, 4.69) is 21.2 Å². The second kappa shape index (κ2) is 5.80. The highest BCUT2D eigenvalue weighted by Gasteiger charge is 2.11. The van der Waals surface area contributed by atoms with E-state index in [0.717, 1.165) is 38.0 Å². The van der Waals surface area contributed by atoms with Crippen LogP contribution in [0.5, 0.6) is 0 Å². The van der Waals surface area contributed by atoms with E-state index in [4.69, 9.17) is 0 Å². The third kappa shape index (κ3) is 2.93. The van der Waals surface area contributed by atoms with Crippen LogP contribution in [-0.2, 0) is 0 Å². The van der Waals surface area contributed by atoms with Crippen molar-refractivity contribution in [3.8, 4) is 0 Å². The molecule has 20 heavy (non-hydrogen) atoms. The Morgan fingerprint density at radius 1 is 1.00 bits per heavy atom. The van der Waals surface area contributed by atoms with Crippen LogP contribution in [0.15, 0.2) is 34.8 Å². The lowest BCUT2D eigenvalue weighted by atomic mass is 10.0. The van der Waals surface area contributed by atoms with Crippen LogP contribution >= 0.6 is 15.9 Å². The predicted molar refractivity (Wildman–Crippen MR) is 87.5 cm³/mol. The molecule has 0 radical (unpaired) electrons. The van der Waals surface area contributed by atoms with E-state index in [-0.39, 0.29) is 5.91 Å². The van der Waals surface area contributed by atoms with Crippen LogP contribution in [0.2, 0.25) is 0 Å². The maximum absolute atomic E-state index is 12.4. The molecular formula is C17H18BrNO. The van der Waals surface area contributed by atoms with Gasteiger partial charge in [0.2, 0.25) is 0 Å². The van der Waals surface area contributed by atoms with Crippen LogP contribution < -0.4 is 5.32 Å². The fraction of sp³-hybridized carbons (Fsp3) is 0.235. The molecule has 2 aromatic carbocycles. The predicted octanol–water partition coefficient (Wildman–Crippen LogP) is 4.94. The molecule has 0 aliphatic carbocycles. The number of hydrogen-bond acceptors (Lipinski definition) is 1. The first-order valence-corrected chi connectivity index (χ1v) is 7.33. The van der Waals surface area contributed by atoms with Crippen molar-refractivity contribution >= 4 is 27.5 Å². The molecule has 0 fully saturated rings.